The zero-order valence-electron chi connectivity index (χ0n) is 9.68. The van der Waals surface area contributed by atoms with Gasteiger partial charge in [-0.15, -0.1) is 0 Å². The van der Waals surface area contributed by atoms with E-state index < -0.39 is 28.8 Å². The van der Waals surface area contributed by atoms with E-state index in [-0.39, 0.29) is 10.7 Å². The second-order valence-corrected chi connectivity index (χ2v) is 4.64. The first-order chi connectivity index (χ1) is 8.16. The van der Waals surface area contributed by atoms with Crippen LogP contribution in [0.1, 0.15) is 13.8 Å². The minimum absolute atomic E-state index is 0.0666. The summed E-state index contributed by atoms with van der Waals surface area (Å²) < 4.78 is 38.6. The number of amides is 1. The number of anilines is 1. The molecule has 1 rings (SSSR count). The molecule has 0 bridgehead atoms. The summed E-state index contributed by atoms with van der Waals surface area (Å²) in [6.45, 7) is 2.92. The van der Waals surface area contributed by atoms with Crippen molar-refractivity contribution in [2.24, 2.45) is 11.1 Å². The van der Waals surface area contributed by atoms with Gasteiger partial charge in [-0.2, -0.15) is 0 Å². The summed E-state index contributed by atoms with van der Waals surface area (Å²) in [5.41, 5.74) is 3.98. The summed E-state index contributed by atoms with van der Waals surface area (Å²) in [4.78, 5) is 11.7. The number of nitrogens with two attached hydrogens (primary N) is 1. The summed E-state index contributed by atoms with van der Waals surface area (Å²) in [7, 11) is 0. The standard InChI is InChI=1S/C11H11F3N2OS/c1-11(2,9(15)18)10(17)16-5-3-6(12)8(14)7(13)4-5/h3-4H,1-2H3,(H2,15,18)(H,16,17). The molecular weight excluding hydrogens is 265 g/mol. The van der Waals surface area contributed by atoms with Crippen molar-refractivity contribution in [3.63, 3.8) is 0 Å². The van der Waals surface area contributed by atoms with Gasteiger partial charge in [0.25, 0.3) is 0 Å². The lowest BCUT2D eigenvalue weighted by molar-refractivity contribution is -0.121. The Morgan fingerprint density at radius 1 is 1.28 bits per heavy atom. The number of halogens is 3. The first-order valence-corrected chi connectivity index (χ1v) is 5.33. The van der Waals surface area contributed by atoms with E-state index in [1.54, 1.807) is 0 Å². The molecule has 1 aromatic carbocycles. The van der Waals surface area contributed by atoms with E-state index in [4.69, 9.17) is 18.0 Å². The largest absolute Gasteiger partial charge is 0.392 e. The van der Waals surface area contributed by atoms with Crippen LogP contribution in [0.15, 0.2) is 12.1 Å². The van der Waals surface area contributed by atoms with Crippen molar-refractivity contribution in [1.82, 2.24) is 0 Å². The molecule has 18 heavy (non-hydrogen) atoms. The van der Waals surface area contributed by atoms with E-state index in [0.717, 1.165) is 0 Å². The van der Waals surface area contributed by atoms with Crippen LogP contribution in [0, 0.1) is 22.9 Å². The molecule has 98 valence electrons. The average molecular weight is 276 g/mol. The Labute approximate surface area is 107 Å². The van der Waals surface area contributed by atoms with Gasteiger partial charge in [0.05, 0.1) is 10.4 Å². The molecule has 0 aliphatic rings. The van der Waals surface area contributed by atoms with Crippen LogP contribution in [0.3, 0.4) is 0 Å². The van der Waals surface area contributed by atoms with Gasteiger partial charge in [-0.1, -0.05) is 12.2 Å². The fourth-order valence-corrected chi connectivity index (χ4v) is 1.12. The Balaban J connectivity index is 3.00. The van der Waals surface area contributed by atoms with Gasteiger partial charge in [0, 0.05) is 17.8 Å². The number of carbonyl (C=O) groups excluding carboxylic acids is 1. The molecular formula is C11H11F3N2OS. The molecule has 0 atom stereocenters. The number of benzene rings is 1. The van der Waals surface area contributed by atoms with E-state index in [2.05, 4.69) is 5.32 Å². The highest BCUT2D eigenvalue weighted by atomic mass is 32.1. The van der Waals surface area contributed by atoms with E-state index in [0.29, 0.717) is 12.1 Å². The Kier molecular flexibility index (Phi) is 3.95. The third-order valence-corrected chi connectivity index (χ3v) is 2.94. The third-order valence-electron chi connectivity index (χ3n) is 2.43. The van der Waals surface area contributed by atoms with Crippen LogP contribution in [0.5, 0.6) is 0 Å². The van der Waals surface area contributed by atoms with Crippen molar-refractivity contribution >= 4 is 28.8 Å². The fraction of sp³-hybridized carbons (Fsp3) is 0.273. The average Bonchev–Trinajstić information content (AvgIpc) is 2.25. The van der Waals surface area contributed by atoms with Gasteiger partial charge in [0.15, 0.2) is 17.5 Å². The van der Waals surface area contributed by atoms with Crippen molar-refractivity contribution in [1.29, 1.82) is 0 Å². The quantitative estimate of drug-likeness (QED) is 0.658. The molecule has 0 fully saturated rings. The second-order valence-electron chi connectivity index (χ2n) is 4.20. The molecule has 0 spiro atoms. The predicted octanol–water partition coefficient (Wildman–Crippen LogP) is 2.35. The van der Waals surface area contributed by atoms with Crippen molar-refractivity contribution in [3.05, 3.63) is 29.6 Å². The highest BCUT2D eigenvalue weighted by molar-refractivity contribution is 7.80. The Morgan fingerprint density at radius 3 is 2.11 bits per heavy atom. The van der Waals surface area contributed by atoms with Gasteiger partial charge in [-0.25, -0.2) is 13.2 Å². The molecule has 1 amide bonds. The molecule has 0 saturated carbocycles. The summed E-state index contributed by atoms with van der Waals surface area (Å²) in [6.07, 6.45) is 0. The maximum atomic E-state index is 12.9. The maximum absolute atomic E-state index is 12.9. The van der Waals surface area contributed by atoms with Crippen LogP contribution in [-0.4, -0.2) is 10.9 Å². The van der Waals surface area contributed by atoms with Crippen LogP contribution in [-0.2, 0) is 4.79 Å². The molecule has 3 nitrogen and oxygen atoms in total. The topological polar surface area (TPSA) is 55.1 Å². The SMILES string of the molecule is CC(C)(C(=O)Nc1cc(F)c(F)c(F)c1)C(N)=S. The van der Waals surface area contributed by atoms with Crippen molar-refractivity contribution in [3.8, 4) is 0 Å². The van der Waals surface area contributed by atoms with Gasteiger partial charge >= 0.3 is 0 Å². The smallest absolute Gasteiger partial charge is 0.236 e. The number of rotatable bonds is 3. The summed E-state index contributed by atoms with van der Waals surface area (Å²) in [6, 6.07) is 1.35. The third kappa shape index (κ3) is 2.79. The molecule has 0 aliphatic heterocycles. The van der Waals surface area contributed by atoms with Gasteiger partial charge in [-0.05, 0) is 13.8 Å². The minimum Gasteiger partial charge on any atom is -0.392 e. The van der Waals surface area contributed by atoms with E-state index in [1.807, 2.05) is 0 Å². The lowest BCUT2D eigenvalue weighted by atomic mass is 9.92. The zero-order valence-corrected chi connectivity index (χ0v) is 10.5. The molecule has 0 heterocycles. The van der Waals surface area contributed by atoms with Gasteiger partial charge in [-0.3, -0.25) is 4.79 Å². The molecule has 0 radical (unpaired) electrons. The number of hydrogen-bond acceptors (Lipinski definition) is 2. The van der Waals surface area contributed by atoms with Crippen molar-refractivity contribution < 1.29 is 18.0 Å². The Bertz CT molecular complexity index is 494. The second kappa shape index (κ2) is 4.93. The highest BCUT2D eigenvalue weighted by Crippen LogP contribution is 2.21. The first-order valence-electron chi connectivity index (χ1n) is 4.92. The van der Waals surface area contributed by atoms with E-state index in [9.17, 15) is 18.0 Å². The van der Waals surface area contributed by atoms with Gasteiger partial charge in [0.2, 0.25) is 5.91 Å². The normalized spacial score (nSPS) is 11.2. The minimum atomic E-state index is -1.60. The lowest BCUT2D eigenvalue weighted by Crippen LogP contribution is -2.41. The Morgan fingerprint density at radius 2 is 1.72 bits per heavy atom. The fourth-order valence-electron chi connectivity index (χ4n) is 1.03. The molecule has 3 N–H and O–H groups in total. The first kappa shape index (κ1) is 14.4. The molecule has 0 aliphatic carbocycles. The Hall–Kier alpha value is -1.63. The van der Waals surface area contributed by atoms with Crippen LogP contribution in [0.4, 0.5) is 18.9 Å². The predicted molar refractivity (Wildman–Crippen MR) is 65.5 cm³/mol. The van der Waals surface area contributed by atoms with Crippen LogP contribution in [0.25, 0.3) is 0 Å². The summed E-state index contributed by atoms with van der Waals surface area (Å²) in [5.74, 6) is -5.01. The monoisotopic (exact) mass is 276 g/mol. The molecule has 0 saturated heterocycles. The molecule has 1 aromatic rings. The van der Waals surface area contributed by atoms with Crippen molar-refractivity contribution in [2.75, 3.05) is 5.32 Å². The van der Waals surface area contributed by atoms with Crippen LogP contribution >= 0.6 is 12.2 Å². The number of nitrogens with one attached hydrogen (secondary N) is 1. The van der Waals surface area contributed by atoms with Gasteiger partial charge < -0.3 is 11.1 Å². The van der Waals surface area contributed by atoms with Gasteiger partial charge in [0.1, 0.15) is 0 Å². The molecule has 7 heteroatoms. The number of carbonyl (C=O) groups is 1. The lowest BCUT2D eigenvalue weighted by Gasteiger charge is -2.21. The maximum Gasteiger partial charge on any atom is 0.236 e. The molecule has 0 unspecified atom stereocenters. The summed E-state index contributed by atoms with van der Waals surface area (Å²) in [5, 5.41) is 2.22. The van der Waals surface area contributed by atoms with E-state index >= 15 is 0 Å². The number of hydrogen-bond donors (Lipinski definition) is 2. The zero-order chi connectivity index (χ0) is 14.1. The van der Waals surface area contributed by atoms with E-state index in [1.165, 1.54) is 13.8 Å². The number of thiocarbonyl (C=S) groups is 1. The molecule has 0 aromatic heterocycles. The van der Waals surface area contributed by atoms with Crippen LogP contribution < -0.4 is 11.1 Å². The van der Waals surface area contributed by atoms with Crippen molar-refractivity contribution in [2.45, 2.75) is 13.8 Å². The highest BCUT2D eigenvalue weighted by Gasteiger charge is 2.31. The summed E-state index contributed by atoms with van der Waals surface area (Å²) >= 11 is 4.71. The van der Waals surface area contributed by atoms with Crippen LogP contribution in [0.2, 0.25) is 0 Å².